The number of carboxylic acid groups (broad SMARTS) is 2. The van der Waals surface area contributed by atoms with Gasteiger partial charge in [-0.1, -0.05) is 60.7 Å². The zero-order valence-corrected chi connectivity index (χ0v) is 43.3. The molecule has 406 valence electrons. The van der Waals surface area contributed by atoms with E-state index in [1.807, 2.05) is 22.8 Å². The fraction of sp³-hybridized carbons (Fsp3) is 0.280. The van der Waals surface area contributed by atoms with Crippen LogP contribution >= 0.6 is 34.0 Å². The van der Waals surface area contributed by atoms with Crippen molar-refractivity contribution >= 4 is 105 Å². The summed E-state index contributed by atoms with van der Waals surface area (Å²) in [6.07, 6.45) is -0.241. The third-order valence-electron chi connectivity index (χ3n) is 11.0. The van der Waals surface area contributed by atoms with Gasteiger partial charge < -0.3 is 63.0 Å². The lowest BCUT2D eigenvalue weighted by Crippen LogP contribution is -2.57. The predicted octanol–water partition coefficient (Wildman–Crippen LogP) is -0.609. The van der Waals surface area contributed by atoms with E-state index in [1.54, 1.807) is 84.9 Å². The number of hydrogen-bond donors (Lipinski definition) is 12. The lowest BCUT2D eigenvalue weighted by Gasteiger charge is -2.23. The van der Waals surface area contributed by atoms with Crippen molar-refractivity contribution in [2.24, 2.45) is 0 Å². The van der Waals surface area contributed by atoms with Crippen molar-refractivity contribution in [3.63, 3.8) is 0 Å². The number of benzene rings is 2. The van der Waals surface area contributed by atoms with Crippen LogP contribution in [-0.2, 0) is 60.8 Å². The molecule has 0 radical (unpaired) electrons. The molecule has 77 heavy (non-hydrogen) atoms. The second kappa shape index (κ2) is 28.4. The summed E-state index contributed by atoms with van der Waals surface area (Å²) in [4.78, 5) is 155. The average Bonchev–Trinajstić information content (AvgIpc) is 4.22. The molecule has 6 atom stereocenters. The van der Waals surface area contributed by atoms with Crippen molar-refractivity contribution in [3.8, 4) is 19.5 Å². The van der Waals surface area contributed by atoms with Gasteiger partial charge in [-0.15, -0.1) is 34.0 Å². The molecule has 27 heteroatoms. The molecule has 0 aliphatic heterocycles. The Morgan fingerprint density at radius 3 is 1.10 bits per heavy atom. The Labute approximate surface area is 450 Å². The van der Waals surface area contributed by atoms with Crippen molar-refractivity contribution in [2.45, 2.75) is 62.9 Å². The van der Waals surface area contributed by atoms with E-state index in [0.717, 1.165) is 32.4 Å². The van der Waals surface area contributed by atoms with Gasteiger partial charge in [-0.25, -0.2) is 9.59 Å². The van der Waals surface area contributed by atoms with Crippen molar-refractivity contribution in [3.05, 3.63) is 118 Å². The minimum absolute atomic E-state index is 0.121. The molecule has 24 nitrogen and oxygen atoms in total. The first-order chi connectivity index (χ1) is 36.7. The maximum atomic E-state index is 13.1. The van der Waals surface area contributed by atoms with Gasteiger partial charge in [-0.3, -0.25) is 47.9 Å². The first kappa shape index (κ1) is 59.4. The normalized spacial score (nSPS) is 13.1. The van der Waals surface area contributed by atoms with E-state index in [9.17, 15) is 67.7 Å². The number of aliphatic hydroxyl groups is 2. The molecule has 0 bridgehead atoms. The summed E-state index contributed by atoms with van der Waals surface area (Å²) >= 11 is 3.65. The predicted molar refractivity (Wildman–Crippen MR) is 278 cm³/mol. The molecule has 0 aliphatic rings. The Morgan fingerprint density at radius 1 is 0.429 bits per heavy atom. The number of hydrogen-bond acceptors (Lipinski definition) is 17. The number of amides is 8. The lowest BCUT2D eigenvalue weighted by molar-refractivity contribution is -0.147. The lowest BCUT2D eigenvalue weighted by atomic mass is 10.0. The third-order valence-corrected chi connectivity index (χ3v) is 14.6. The summed E-state index contributed by atoms with van der Waals surface area (Å²) in [5.74, 6) is -12.2. The molecule has 5 aromatic rings. The maximum absolute atomic E-state index is 13.1. The molecule has 8 amide bonds. The van der Waals surface area contributed by atoms with Crippen LogP contribution in [0.3, 0.4) is 0 Å². The number of carbonyl (C=O) groups excluding carboxylic acids is 10. The van der Waals surface area contributed by atoms with Gasteiger partial charge >= 0.3 is 11.9 Å². The van der Waals surface area contributed by atoms with Crippen LogP contribution in [0.1, 0.15) is 44.3 Å². The molecule has 0 spiro atoms. The van der Waals surface area contributed by atoms with E-state index in [4.69, 9.17) is 10.2 Å². The van der Waals surface area contributed by atoms with Crippen LogP contribution in [0, 0.1) is 0 Å². The summed E-state index contributed by atoms with van der Waals surface area (Å²) in [6.45, 7) is -0.734. The molecule has 12 N–H and O–H groups in total. The Balaban J connectivity index is 1.09. The van der Waals surface area contributed by atoms with Crippen LogP contribution in [0.2, 0.25) is 0 Å². The highest BCUT2D eigenvalue weighted by Crippen LogP contribution is 2.40. The zero-order valence-electron chi connectivity index (χ0n) is 40.9. The van der Waals surface area contributed by atoms with Gasteiger partial charge in [0.2, 0.25) is 35.4 Å². The highest BCUT2D eigenvalue weighted by Gasteiger charge is 2.34. The largest absolute Gasteiger partial charge is 0.479 e. The molecule has 5 rings (SSSR count). The number of nitrogens with one attached hydrogen (secondary N) is 8. The highest BCUT2D eigenvalue weighted by molar-refractivity contribution is 7.27. The Hall–Kier alpha value is -8.50. The standard InChI is InChI=1S/C50H52N8O16S3/c1-25(43(65)55-29(19-27-9-5-3-6-10-27)45(67)57-41(49(71)72)31(61)23-59)53-39(63)21-51-47(69)37-17-15-35(76-37)33-13-14-34(75-33)36-16-18-38(77-36)48(70)52-22-40(64)54-26(2)44(66)56-30(20-28-11-7-4-8-12-28)46(68)58-42(50(73)74)32(62)24-60/h3-18,25-26,29-30,41-42,59-60H,19-24H2,1-2H3,(H,51,69)(H,52,70)(H,53,63)(H,54,64)(H,55,65)(H,56,66)(H,57,67)(H,58,68)(H,71,72)(H,73,74)/t25-,26-,29-,30-,41-,42-/m0/s1. The van der Waals surface area contributed by atoms with E-state index in [-0.39, 0.29) is 22.6 Å². The first-order valence-corrected chi connectivity index (χ1v) is 25.6. The minimum Gasteiger partial charge on any atom is -0.479 e. The second-order valence-corrected chi connectivity index (χ2v) is 20.0. The van der Waals surface area contributed by atoms with E-state index in [1.165, 1.54) is 25.2 Å². The average molecular weight is 1120 g/mol. The van der Waals surface area contributed by atoms with E-state index < -0.39 is 133 Å². The van der Waals surface area contributed by atoms with Gasteiger partial charge in [-0.2, -0.15) is 0 Å². The molecule has 3 aromatic heterocycles. The fourth-order valence-corrected chi connectivity index (χ4v) is 9.97. The molecule has 2 aromatic carbocycles. The van der Waals surface area contributed by atoms with Crippen LogP contribution in [0.4, 0.5) is 0 Å². The Bertz CT molecular complexity index is 2800. The summed E-state index contributed by atoms with van der Waals surface area (Å²) in [7, 11) is 0. The molecule has 0 fully saturated rings. The molecular weight excluding hydrogens is 1060 g/mol. The number of aliphatic hydroxyl groups excluding tert-OH is 2. The zero-order chi connectivity index (χ0) is 56.3. The maximum Gasteiger partial charge on any atom is 0.334 e. The Morgan fingerprint density at radius 2 is 0.766 bits per heavy atom. The van der Waals surface area contributed by atoms with Gasteiger partial charge in [0.1, 0.15) is 37.4 Å². The van der Waals surface area contributed by atoms with Gasteiger partial charge in [-0.05, 0) is 61.4 Å². The highest BCUT2D eigenvalue weighted by atomic mass is 32.1. The van der Waals surface area contributed by atoms with Crippen molar-refractivity contribution in [1.29, 1.82) is 0 Å². The van der Waals surface area contributed by atoms with Gasteiger partial charge in [0.25, 0.3) is 11.8 Å². The molecule has 0 saturated carbocycles. The van der Waals surface area contributed by atoms with Gasteiger partial charge in [0.15, 0.2) is 23.7 Å². The van der Waals surface area contributed by atoms with Crippen LogP contribution < -0.4 is 42.5 Å². The minimum atomic E-state index is -2.07. The number of carboxylic acids is 2. The summed E-state index contributed by atoms with van der Waals surface area (Å²) < 4.78 is 0. The number of thiophene rings is 3. The quantitative estimate of drug-likeness (QED) is 0.0278. The SMILES string of the molecule is C[C@H](NC(=O)CNC(=O)c1ccc(-c2ccc(-c3ccc(C(=O)NCC(=O)N[C@@H](C)C(=O)N[C@@H](Cc4ccccc4)C(=O)N[C@H](C(=O)O)C(=O)CO)s3)s2)s1)C(=O)N[C@@H](Cc1ccccc1)C(=O)N[C@H](C(=O)O)C(=O)CO. The molecule has 3 heterocycles. The van der Waals surface area contributed by atoms with Crippen molar-refractivity contribution in [1.82, 2.24) is 42.5 Å². The third kappa shape index (κ3) is 17.5. The Kier molecular flexibility index (Phi) is 21.9. The number of rotatable bonds is 28. The van der Waals surface area contributed by atoms with Crippen LogP contribution in [0.25, 0.3) is 19.5 Å². The molecular formula is C50H52N8O16S3. The second-order valence-electron chi connectivity index (χ2n) is 16.7. The van der Waals surface area contributed by atoms with E-state index in [0.29, 0.717) is 20.9 Å². The first-order valence-electron chi connectivity index (χ1n) is 23.1. The summed E-state index contributed by atoms with van der Waals surface area (Å²) in [5.41, 5.74) is 1.15. The van der Waals surface area contributed by atoms with Crippen molar-refractivity contribution in [2.75, 3.05) is 26.3 Å². The van der Waals surface area contributed by atoms with E-state index >= 15 is 0 Å². The summed E-state index contributed by atoms with van der Waals surface area (Å²) in [5, 5.41) is 55.9. The van der Waals surface area contributed by atoms with Gasteiger partial charge in [0.05, 0.1) is 22.8 Å². The van der Waals surface area contributed by atoms with E-state index in [2.05, 4.69) is 31.9 Å². The number of Topliss-reactive ketones (excluding diaryl/α,β-unsaturated/α-hetero) is 2. The number of carbonyl (C=O) groups is 12. The number of aliphatic carboxylic acids is 2. The van der Waals surface area contributed by atoms with Crippen LogP contribution in [0.15, 0.2) is 97.1 Å². The summed E-state index contributed by atoms with van der Waals surface area (Å²) in [6, 6.07) is 17.5. The molecule has 0 unspecified atom stereocenters. The smallest absolute Gasteiger partial charge is 0.334 e. The van der Waals surface area contributed by atoms with Crippen LogP contribution in [-0.4, -0.2) is 154 Å². The fourth-order valence-electron chi connectivity index (χ4n) is 6.94. The van der Waals surface area contributed by atoms with Crippen molar-refractivity contribution < 1.29 is 78.0 Å². The topological polar surface area (TPSA) is 382 Å². The molecule has 0 saturated heterocycles. The van der Waals surface area contributed by atoms with Gasteiger partial charge in [0, 0.05) is 32.4 Å². The molecule has 0 aliphatic carbocycles. The monoisotopic (exact) mass is 1120 g/mol. The number of ketones is 2. The van der Waals surface area contributed by atoms with Crippen LogP contribution in [0.5, 0.6) is 0 Å².